The summed E-state index contributed by atoms with van der Waals surface area (Å²) in [7, 11) is 0. The molecular weight excluding hydrogens is 465 g/mol. The fourth-order valence-corrected chi connectivity index (χ4v) is 4.22. The highest BCUT2D eigenvalue weighted by atomic mass is 19.4. The Morgan fingerprint density at radius 3 is 2.06 bits per heavy atom. The standard InChI is InChI=1S/C25H27F3N2O5/c1-15(2)30(14-25(26,27)28)23(33)21(11-12-22(31)32)29-24(34)35-13-20-18-9-5-3-7-16(18)17-8-4-6-10-19(17)20/h3-10,15,20-21H,11-14H2,1-2H3,(H,29,34)(H,31,32). The first kappa shape index (κ1) is 26.1. The van der Waals surface area contributed by atoms with E-state index in [0.29, 0.717) is 4.90 Å². The molecule has 0 bridgehead atoms. The Kier molecular flexibility index (Phi) is 8.03. The van der Waals surface area contributed by atoms with E-state index in [4.69, 9.17) is 9.84 Å². The third-order valence-electron chi connectivity index (χ3n) is 5.84. The Labute approximate surface area is 200 Å². The number of rotatable bonds is 9. The number of alkyl carbamates (subject to hydrolysis) is 1. The normalized spacial score (nSPS) is 13.7. The Bertz CT molecular complexity index is 1040. The van der Waals surface area contributed by atoms with E-state index < -0.39 is 49.2 Å². The molecule has 1 unspecified atom stereocenters. The van der Waals surface area contributed by atoms with E-state index >= 15 is 0 Å². The number of halogens is 3. The lowest BCUT2D eigenvalue weighted by Gasteiger charge is -2.31. The van der Waals surface area contributed by atoms with Gasteiger partial charge in [-0.05, 0) is 42.5 Å². The third kappa shape index (κ3) is 6.52. The van der Waals surface area contributed by atoms with Gasteiger partial charge in [-0.2, -0.15) is 13.2 Å². The molecule has 0 fully saturated rings. The van der Waals surface area contributed by atoms with Crippen LogP contribution in [0.25, 0.3) is 11.1 Å². The summed E-state index contributed by atoms with van der Waals surface area (Å²) in [5.74, 6) is -2.52. The highest BCUT2D eigenvalue weighted by molar-refractivity contribution is 5.86. The fraction of sp³-hybridized carbons (Fsp3) is 0.400. The second kappa shape index (κ2) is 10.8. The minimum atomic E-state index is -4.65. The van der Waals surface area contributed by atoms with Gasteiger partial charge in [0.05, 0.1) is 0 Å². The van der Waals surface area contributed by atoms with Crippen molar-refractivity contribution in [3.05, 3.63) is 59.7 Å². The summed E-state index contributed by atoms with van der Waals surface area (Å²) in [4.78, 5) is 37.0. The molecule has 2 amide bonds. The molecule has 0 radical (unpaired) electrons. The van der Waals surface area contributed by atoms with Crippen LogP contribution in [0.5, 0.6) is 0 Å². The van der Waals surface area contributed by atoms with Gasteiger partial charge in [0.25, 0.3) is 0 Å². The van der Waals surface area contributed by atoms with E-state index in [1.807, 2.05) is 48.5 Å². The number of aliphatic carboxylic acids is 1. The summed E-state index contributed by atoms with van der Waals surface area (Å²) in [6.07, 6.45) is -6.55. The molecule has 1 aliphatic carbocycles. The van der Waals surface area contributed by atoms with Gasteiger partial charge in [0, 0.05) is 18.4 Å². The molecule has 35 heavy (non-hydrogen) atoms. The second-order valence-electron chi connectivity index (χ2n) is 8.63. The zero-order chi connectivity index (χ0) is 25.8. The summed E-state index contributed by atoms with van der Waals surface area (Å²) in [6, 6.07) is 13.1. The van der Waals surface area contributed by atoms with Gasteiger partial charge in [-0.15, -0.1) is 0 Å². The summed E-state index contributed by atoms with van der Waals surface area (Å²) in [6.45, 7) is 1.24. The topological polar surface area (TPSA) is 95.9 Å². The number of nitrogens with one attached hydrogen (secondary N) is 1. The molecule has 2 aromatic carbocycles. The average Bonchev–Trinajstić information content (AvgIpc) is 3.11. The van der Waals surface area contributed by atoms with Crippen molar-refractivity contribution < 1.29 is 37.4 Å². The minimum Gasteiger partial charge on any atom is -0.481 e. The molecule has 188 valence electrons. The predicted molar refractivity (Wildman–Crippen MR) is 122 cm³/mol. The number of nitrogens with zero attached hydrogens (tertiary/aromatic N) is 1. The molecule has 0 heterocycles. The van der Waals surface area contributed by atoms with Crippen LogP contribution < -0.4 is 5.32 Å². The van der Waals surface area contributed by atoms with Crippen LogP contribution in [-0.4, -0.2) is 59.4 Å². The molecule has 2 aromatic rings. The quantitative estimate of drug-likeness (QED) is 0.535. The van der Waals surface area contributed by atoms with Crippen molar-refractivity contribution in [1.29, 1.82) is 0 Å². The van der Waals surface area contributed by atoms with Crippen LogP contribution in [0.15, 0.2) is 48.5 Å². The maximum atomic E-state index is 13.0. The number of benzene rings is 2. The van der Waals surface area contributed by atoms with Gasteiger partial charge in [-0.3, -0.25) is 9.59 Å². The van der Waals surface area contributed by atoms with Gasteiger partial charge in [-0.1, -0.05) is 48.5 Å². The average molecular weight is 492 g/mol. The van der Waals surface area contributed by atoms with Gasteiger partial charge in [-0.25, -0.2) is 4.79 Å². The van der Waals surface area contributed by atoms with Gasteiger partial charge in [0.1, 0.15) is 19.2 Å². The largest absolute Gasteiger partial charge is 0.481 e. The summed E-state index contributed by atoms with van der Waals surface area (Å²) < 4.78 is 44.4. The Morgan fingerprint density at radius 2 is 1.57 bits per heavy atom. The van der Waals surface area contributed by atoms with E-state index in [2.05, 4.69) is 5.32 Å². The molecule has 0 saturated carbocycles. The molecule has 2 N–H and O–H groups in total. The monoisotopic (exact) mass is 492 g/mol. The van der Waals surface area contributed by atoms with Crippen molar-refractivity contribution in [2.24, 2.45) is 0 Å². The summed E-state index contributed by atoms with van der Waals surface area (Å²) in [5, 5.41) is 11.3. The van der Waals surface area contributed by atoms with Gasteiger partial charge >= 0.3 is 18.2 Å². The smallest absolute Gasteiger partial charge is 0.407 e. The highest BCUT2D eigenvalue weighted by Gasteiger charge is 2.37. The van der Waals surface area contributed by atoms with E-state index in [-0.39, 0.29) is 18.9 Å². The van der Waals surface area contributed by atoms with Crippen molar-refractivity contribution >= 4 is 18.0 Å². The predicted octanol–water partition coefficient (Wildman–Crippen LogP) is 4.56. The molecule has 0 spiro atoms. The molecular formula is C25H27F3N2O5. The molecule has 3 rings (SSSR count). The zero-order valence-electron chi connectivity index (χ0n) is 19.3. The molecule has 10 heteroatoms. The first-order valence-electron chi connectivity index (χ1n) is 11.2. The van der Waals surface area contributed by atoms with Crippen LogP contribution in [0.2, 0.25) is 0 Å². The van der Waals surface area contributed by atoms with Crippen LogP contribution in [0.1, 0.15) is 43.7 Å². The van der Waals surface area contributed by atoms with Crippen molar-refractivity contribution in [2.45, 2.75) is 50.9 Å². The first-order valence-corrected chi connectivity index (χ1v) is 11.2. The third-order valence-corrected chi connectivity index (χ3v) is 5.84. The fourth-order valence-electron chi connectivity index (χ4n) is 4.22. The second-order valence-corrected chi connectivity index (χ2v) is 8.63. The van der Waals surface area contributed by atoms with Crippen molar-refractivity contribution in [2.75, 3.05) is 13.2 Å². The molecule has 7 nitrogen and oxygen atoms in total. The number of hydrogen-bond donors (Lipinski definition) is 2. The van der Waals surface area contributed by atoms with E-state index in [0.717, 1.165) is 22.3 Å². The van der Waals surface area contributed by atoms with Crippen molar-refractivity contribution in [3.8, 4) is 11.1 Å². The lowest BCUT2D eigenvalue weighted by Crippen LogP contribution is -2.53. The molecule has 1 atom stereocenters. The maximum Gasteiger partial charge on any atom is 0.407 e. The van der Waals surface area contributed by atoms with Gasteiger partial charge < -0.3 is 20.1 Å². The van der Waals surface area contributed by atoms with Crippen LogP contribution in [0, 0.1) is 0 Å². The number of ether oxygens (including phenoxy) is 1. The lowest BCUT2D eigenvalue weighted by atomic mass is 9.98. The minimum absolute atomic E-state index is 0.0594. The summed E-state index contributed by atoms with van der Waals surface area (Å²) in [5.41, 5.74) is 3.98. The Morgan fingerprint density at radius 1 is 1.03 bits per heavy atom. The van der Waals surface area contributed by atoms with Crippen LogP contribution in [-0.2, 0) is 14.3 Å². The van der Waals surface area contributed by atoms with Crippen molar-refractivity contribution in [1.82, 2.24) is 10.2 Å². The van der Waals surface area contributed by atoms with Gasteiger partial charge in [0.2, 0.25) is 5.91 Å². The van der Waals surface area contributed by atoms with Crippen LogP contribution >= 0.6 is 0 Å². The first-order chi connectivity index (χ1) is 16.5. The van der Waals surface area contributed by atoms with E-state index in [1.165, 1.54) is 13.8 Å². The Balaban J connectivity index is 1.72. The number of carbonyl (C=O) groups excluding carboxylic acids is 2. The van der Waals surface area contributed by atoms with Crippen LogP contribution in [0.4, 0.5) is 18.0 Å². The van der Waals surface area contributed by atoms with E-state index in [9.17, 15) is 27.6 Å². The number of carboxylic acid groups (broad SMARTS) is 1. The molecule has 0 aliphatic heterocycles. The number of alkyl halides is 3. The maximum absolute atomic E-state index is 13.0. The van der Waals surface area contributed by atoms with Crippen molar-refractivity contribution in [3.63, 3.8) is 0 Å². The molecule has 0 aromatic heterocycles. The summed E-state index contributed by atoms with van der Waals surface area (Å²) >= 11 is 0. The number of carboxylic acids is 1. The lowest BCUT2D eigenvalue weighted by molar-refractivity contribution is -0.166. The number of amides is 2. The molecule has 1 aliphatic rings. The molecule has 0 saturated heterocycles. The Hall–Kier alpha value is -3.56. The zero-order valence-corrected chi connectivity index (χ0v) is 19.3. The highest BCUT2D eigenvalue weighted by Crippen LogP contribution is 2.44. The van der Waals surface area contributed by atoms with E-state index in [1.54, 1.807) is 0 Å². The van der Waals surface area contributed by atoms with Gasteiger partial charge in [0.15, 0.2) is 0 Å². The number of carbonyl (C=O) groups is 3. The number of fused-ring (bicyclic) bond motifs is 3. The number of hydrogen-bond acceptors (Lipinski definition) is 4. The van der Waals surface area contributed by atoms with Crippen LogP contribution in [0.3, 0.4) is 0 Å². The SMILES string of the molecule is CC(C)N(CC(F)(F)F)C(=O)C(CCC(=O)O)NC(=O)OCC1c2ccccc2-c2ccccc21.